The Balaban J connectivity index is 1.12. The quantitative estimate of drug-likeness (QED) is 0.170. The fraction of sp³-hybridized carbons (Fsp3) is 0.0588. The van der Waals surface area contributed by atoms with E-state index in [0.717, 1.165) is 17.1 Å². The highest BCUT2D eigenvalue weighted by Gasteiger charge is 2.37. The van der Waals surface area contributed by atoms with Crippen LogP contribution in [0.15, 0.2) is 194 Å². The van der Waals surface area contributed by atoms with Crippen molar-refractivity contribution in [3.63, 3.8) is 0 Å². The third-order valence-electron chi connectivity index (χ3n) is 11.2. The van der Waals surface area contributed by atoms with Gasteiger partial charge in [-0.3, -0.25) is 0 Å². The summed E-state index contributed by atoms with van der Waals surface area (Å²) in [5.41, 5.74) is 17.1. The molecule has 1 aromatic heterocycles. The van der Waals surface area contributed by atoms with E-state index >= 15 is 0 Å². The maximum Gasteiger partial charge on any atom is 0.0544 e. The minimum atomic E-state index is -0.202. The summed E-state index contributed by atoms with van der Waals surface area (Å²) in [6.45, 7) is 4.77. The van der Waals surface area contributed by atoms with Crippen LogP contribution in [0.25, 0.3) is 60.9 Å². The van der Waals surface area contributed by atoms with Crippen LogP contribution in [0.4, 0.5) is 17.1 Å². The topological polar surface area (TPSA) is 8.17 Å². The molecule has 8 aromatic carbocycles. The van der Waals surface area contributed by atoms with Gasteiger partial charge < -0.3 is 9.47 Å². The second-order valence-electron chi connectivity index (χ2n) is 14.6. The van der Waals surface area contributed by atoms with E-state index in [9.17, 15) is 0 Å². The van der Waals surface area contributed by atoms with Crippen LogP contribution in [0, 0.1) is 0 Å². The fourth-order valence-electron chi connectivity index (χ4n) is 8.49. The number of nitrogens with zero attached hydrogens (tertiary/aromatic N) is 2. The molecule has 2 nitrogen and oxygen atoms in total. The number of hydrogen-bond donors (Lipinski definition) is 0. The molecular formula is C51H38N2. The van der Waals surface area contributed by atoms with Crippen LogP contribution in [-0.4, -0.2) is 4.57 Å². The number of para-hydroxylation sites is 2. The fourth-order valence-corrected chi connectivity index (χ4v) is 8.49. The number of benzene rings is 8. The summed E-state index contributed by atoms with van der Waals surface area (Å²) in [5.74, 6) is 0. The van der Waals surface area contributed by atoms with Crippen LogP contribution in [0.2, 0.25) is 0 Å². The molecule has 9 aromatic rings. The van der Waals surface area contributed by atoms with E-state index in [1.807, 2.05) is 0 Å². The highest BCUT2D eigenvalue weighted by Crippen LogP contribution is 2.53. The summed E-state index contributed by atoms with van der Waals surface area (Å²) >= 11 is 0. The molecule has 1 aliphatic rings. The van der Waals surface area contributed by atoms with Crippen molar-refractivity contribution in [2.45, 2.75) is 19.3 Å². The average molecular weight is 679 g/mol. The van der Waals surface area contributed by atoms with Gasteiger partial charge in [0.2, 0.25) is 0 Å². The van der Waals surface area contributed by atoms with E-state index in [-0.39, 0.29) is 5.41 Å². The lowest BCUT2D eigenvalue weighted by atomic mass is 9.82. The molecule has 0 bridgehead atoms. The highest BCUT2D eigenvalue weighted by atomic mass is 15.1. The van der Waals surface area contributed by atoms with E-state index in [2.05, 4.69) is 217 Å². The molecule has 1 heterocycles. The van der Waals surface area contributed by atoms with Crippen molar-refractivity contribution in [1.29, 1.82) is 0 Å². The summed E-state index contributed by atoms with van der Waals surface area (Å²) in [7, 11) is 0. The minimum absolute atomic E-state index is 0.202. The Kier molecular flexibility index (Phi) is 7.19. The zero-order chi connectivity index (χ0) is 35.5. The van der Waals surface area contributed by atoms with E-state index in [1.165, 1.54) is 72.0 Å². The lowest BCUT2D eigenvalue weighted by molar-refractivity contribution is 0.661. The smallest absolute Gasteiger partial charge is 0.0544 e. The summed E-state index contributed by atoms with van der Waals surface area (Å²) < 4.78 is 2.43. The van der Waals surface area contributed by atoms with Crippen molar-refractivity contribution in [2.24, 2.45) is 0 Å². The molecule has 0 spiro atoms. The van der Waals surface area contributed by atoms with Gasteiger partial charge in [0.15, 0.2) is 0 Å². The third-order valence-corrected chi connectivity index (χ3v) is 11.2. The molecule has 0 amide bonds. The van der Waals surface area contributed by atoms with Crippen LogP contribution in [0.5, 0.6) is 0 Å². The van der Waals surface area contributed by atoms with Gasteiger partial charge in [-0.05, 0) is 111 Å². The first-order chi connectivity index (χ1) is 26.0. The van der Waals surface area contributed by atoms with Crippen LogP contribution in [-0.2, 0) is 5.41 Å². The van der Waals surface area contributed by atoms with Crippen LogP contribution in [0.3, 0.4) is 0 Å². The lowest BCUT2D eigenvalue weighted by Crippen LogP contribution is -2.16. The molecule has 0 N–H and O–H groups in total. The van der Waals surface area contributed by atoms with Gasteiger partial charge in [0, 0.05) is 38.9 Å². The first-order valence-corrected chi connectivity index (χ1v) is 18.4. The maximum absolute atomic E-state index is 2.46. The number of anilines is 3. The summed E-state index contributed by atoms with van der Waals surface area (Å²) in [4.78, 5) is 2.40. The second kappa shape index (κ2) is 12.3. The molecule has 0 unspecified atom stereocenters. The van der Waals surface area contributed by atoms with Crippen molar-refractivity contribution >= 4 is 38.9 Å². The van der Waals surface area contributed by atoms with Gasteiger partial charge in [0.25, 0.3) is 0 Å². The Morgan fingerprint density at radius 3 is 1.47 bits per heavy atom. The Morgan fingerprint density at radius 2 is 0.868 bits per heavy atom. The second-order valence-corrected chi connectivity index (χ2v) is 14.6. The monoisotopic (exact) mass is 678 g/mol. The van der Waals surface area contributed by atoms with Gasteiger partial charge in [-0.15, -0.1) is 0 Å². The van der Waals surface area contributed by atoms with Gasteiger partial charge >= 0.3 is 0 Å². The summed E-state index contributed by atoms with van der Waals surface area (Å²) in [6.07, 6.45) is 0. The van der Waals surface area contributed by atoms with Crippen LogP contribution < -0.4 is 4.90 Å². The van der Waals surface area contributed by atoms with Crippen molar-refractivity contribution < 1.29 is 0 Å². The largest absolute Gasteiger partial charge is 0.310 e. The summed E-state index contributed by atoms with van der Waals surface area (Å²) in [5, 5.41) is 2.57. The molecule has 2 heteroatoms. The molecule has 252 valence electrons. The Bertz CT molecular complexity index is 2680. The maximum atomic E-state index is 2.46. The minimum Gasteiger partial charge on any atom is -0.310 e. The SMILES string of the molecule is CC1(C)c2cc(N(c3ccc(-c4ccccc4)cc3)c3ccc(-c4ccccc4)cc3)ccc2-c2cc3c4ccccc4n(-c4ccccc4)c3cc21. The molecule has 1 aliphatic carbocycles. The number of fused-ring (bicyclic) bond motifs is 6. The standard InChI is InChI=1S/C51H38N2/c1-51(2)47-32-42(30-31-43(47)45-33-46-44-20-12-13-21-49(44)53(50(46)34-48(45)51)39-18-10-5-11-19-39)52(40-26-22-37(23-27-40)35-14-6-3-7-15-35)41-28-24-38(25-29-41)36-16-8-4-9-17-36/h3-34H,1-2H3. The number of aromatic nitrogens is 1. The van der Waals surface area contributed by atoms with Crippen molar-refractivity contribution in [1.82, 2.24) is 4.57 Å². The van der Waals surface area contributed by atoms with Crippen LogP contribution >= 0.6 is 0 Å². The number of hydrogen-bond acceptors (Lipinski definition) is 1. The number of rotatable bonds is 6. The van der Waals surface area contributed by atoms with Gasteiger partial charge in [0.05, 0.1) is 11.0 Å². The molecule has 0 radical (unpaired) electrons. The van der Waals surface area contributed by atoms with Gasteiger partial charge in [0.1, 0.15) is 0 Å². The molecule has 53 heavy (non-hydrogen) atoms. The van der Waals surface area contributed by atoms with Gasteiger partial charge in [-0.2, -0.15) is 0 Å². The molecule has 0 saturated carbocycles. The normalized spacial score (nSPS) is 12.9. The zero-order valence-corrected chi connectivity index (χ0v) is 29.9. The van der Waals surface area contributed by atoms with Crippen molar-refractivity contribution in [3.05, 3.63) is 205 Å². The lowest BCUT2D eigenvalue weighted by Gasteiger charge is -2.28. The zero-order valence-electron chi connectivity index (χ0n) is 29.9. The Labute approximate surface area is 310 Å². The predicted molar refractivity (Wildman–Crippen MR) is 224 cm³/mol. The molecule has 10 rings (SSSR count). The van der Waals surface area contributed by atoms with Gasteiger partial charge in [-0.1, -0.05) is 141 Å². The first kappa shape index (κ1) is 31.1. The van der Waals surface area contributed by atoms with E-state index in [1.54, 1.807) is 0 Å². The highest BCUT2D eigenvalue weighted by molar-refractivity contribution is 6.11. The Hall–Kier alpha value is -6.64. The van der Waals surface area contributed by atoms with Gasteiger partial charge in [-0.25, -0.2) is 0 Å². The first-order valence-electron chi connectivity index (χ1n) is 18.4. The summed E-state index contributed by atoms with van der Waals surface area (Å²) in [6, 6.07) is 70.7. The van der Waals surface area contributed by atoms with Crippen molar-refractivity contribution in [3.8, 4) is 39.1 Å². The van der Waals surface area contributed by atoms with E-state index in [0.29, 0.717) is 0 Å². The Morgan fingerprint density at radius 1 is 0.377 bits per heavy atom. The average Bonchev–Trinajstić information content (AvgIpc) is 3.66. The molecule has 0 aliphatic heterocycles. The molecule has 0 fully saturated rings. The molecular weight excluding hydrogens is 641 g/mol. The van der Waals surface area contributed by atoms with E-state index in [4.69, 9.17) is 0 Å². The van der Waals surface area contributed by atoms with Crippen molar-refractivity contribution in [2.75, 3.05) is 4.90 Å². The predicted octanol–water partition coefficient (Wildman–Crippen LogP) is 13.9. The van der Waals surface area contributed by atoms with E-state index < -0.39 is 0 Å². The third kappa shape index (κ3) is 5.10. The molecule has 0 atom stereocenters. The van der Waals surface area contributed by atoms with Crippen LogP contribution in [0.1, 0.15) is 25.0 Å². The molecule has 0 saturated heterocycles.